The number of urea groups is 1. The van der Waals surface area contributed by atoms with E-state index in [0.717, 1.165) is 77.4 Å². The molecule has 0 unspecified atom stereocenters. The highest BCUT2D eigenvalue weighted by molar-refractivity contribution is 6.01. The first-order chi connectivity index (χ1) is 20.5. The number of hydrogen-bond acceptors (Lipinski definition) is 7. The predicted molar refractivity (Wildman–Crippen MR) is 163 cm³/mol. The van der Waals surface area contributed by atoms with Crippen molar-refractivity contribution < 1.29 is 14.6 Å². The van der Waals surface area contributed by atoms with Gasteiger partial charge in [-0.3, -0.25) is 4.90 Å². The Morgan fingerprint density at radius 2 is 1.74 bits per heavy atom. The summed E-state index contributed by atoms with van der Waals surface area (Å²) in [7, 11) is 0. The summed E-state index contributed by atoms with van der Waals surface area (Å²) in [6.07, 6.45) is 6.62. The van der Waals surface area contributed by atoms with E-state index in [-0.39, 0.29) is 29.4 Å². The van der Waals surface area contributed by atoms with Crippen LogP contribution in [0.15, 0.2) is 54.6 Å². The van der Waals surface area contributed by atoms with Crippen LogP contribution in [0.2, 0.25) is 0 Å². The van der Waals surface area contributed by atoms with Crippen molar-refractivity contribution in [1.29, 1.82) is 0 Å². The van der Waals surface area contributed by atoms with Crippen molar-refractivity contribution in [2.75, 3.05) is 37.7 Å². The molecule has 4 saturated heterocycles. The number of carbonyl (C=O) groups is 1. The maximum Gasteiger partial charge on any atom is 0.319 e. The molecule has 8 rings (SSSR count). The minimum atomic E-state index is -0.335. The molecule has 42 heavy (non-hydrogen) atoms. The molecule has 0 saturated carbocycles. The third kappa shape index (κ3) is 4.13. The SMILES string of the molecule is NC(=O)N1[C@@H]2CC[C@H]1CN(c1nc(OCC34CCCN3CCC4)nc3cc(-c4cc(O)cc5ccccc45)ccc13)C2. The van der Waals surface area contributed by atoms with Gasteiger partial charge in [0, 0.05) is 18.5 Å². The predicted octanol–water partition coefficient (Wildman–Crippen LogP) is 4.89. The van der Waals surface area contributed by atoms with Crippen LogP contribution in [0, 0.1) is 0 Å². The zero-order valence-electron chi connectivity index (χ0n) is 23.7. The van der Waals surface area contributed by atoms with Crippen LogP contribution in [0.5, 0.6) is 11.8 Å². The van der Waals surface area contributed by atoms with Crippen molar-refractivity contribution >= 4 is 33.5 Å². The summed E-state index contributed by atoms with van der Waals surface area (Å²) >= 11 is 0. The van der Waals surface area contributed by atoms with Crippen LogP contribution >= 0.6 is 0 Å². The second-order valence-corrected chi connectivity index (χ2v) is 12.5. The molecule has 216 valence electrons. The number of phenols is 1. The van der Waals surface area contributed by atoms with Crippen molar-refractivity contribution in [3.05, 3.63) is 54.6 Å². The Kier molecular flexibility index (Phi) is 5.93. The number of rotatable bonds is 5. The summed E-state index contributed by atoms with van der Waals surface area (Å²) in [6, 6.07) is 18.2. The van der Waals surface area contributed by atoms with Gasteiger partial charge >= 0.3 is 12.0 Å². The second-order valence-electron chi connectivity index (χ2n) is 12.5. The van der Waals surface area contributed by atoms with Crippen LogP contribution in [0.25, 0.3) is 32.8 Å². The van der Waals surface area contributed by atoms with Gasteiger partial charge in [-0.15, -0.1) is 0 Å². The van der Waals surface area contributed by atoms with Crippen molar-refractivity contribution in [3.63, 3.8) is 0 Å². The second kappa shape index (κ2) is 9.73. The van der Waals surface area contributed by atoms with E-state index in [9.17, 15) is 9.90 Å². The normalized spacial score (nSPS) is 23.1. The number of amides is 2. The first kappa shape index (κ1) is 25.6. The molecule has 4 aliphatic heterocycles. The average Bonchev–Trinajstić information content (AvgIpc) is 3.65. The number of primary amides is 1. The van der Waals surface area contributed by atoms with E-state index < -0.39 is 0 Å². The number of hydrogen-bond donors (Lipinski definition) is 2. The summed E-state index contributed by atoms with van der Waals surface area (Å²) in [5.41, 5.74) is 8.57. The third-order valence-electron chi connectivity index (χ3n) is 10.1. The van der Waals surface area contributed by atoms with Crippen molar-refractivity contribution in [2.45, 2.75) is 56.1 Å². The van der Waals surface area contributed by atoms with Gasteiger partial charge in [0.25, 0.3) is 0 Å². The van der Waals surface area contributed by atoms with E-state index in [4.69, 9.17) is 20.4 Å². The Balaban J connectivity index is 1.21. The molecular formula is C33H36N6O3. The Morgan fingerprint density at radius 3 is 2.50 bits per heavy atom. The van der Waals surface area contributed by atoms with E-state index in [1.807, 2.05) is 29.2 Å². The van der Waals surface area contributed by atoms with Gasteiger partial charge in [0.15, 0.2) is 0 Å². The van der Waals surface area contributed by atoms with Gasteiger partial charge in [-0.1, -0.05) is 30.3 Å². The van der Waals surface area contributed by atoms with Gasteiger partial charge in [0.1, 0.15) is 18.2 Å². The fourth-order valence-electron chi connectivity index (χ4n) is 8.19. The van der Waals surface area contributed by atoms with Gasteiger partial charge in [-0.05, 0) is 97.8 Å². The van der Waals surface area contributed by atoms with E-state index in [1.54, 1.807) is 6.07 Å². The maximum absolute atomic E-state index is 12.2. The van der Waals surface area contributed by atoms with Crippen LogP contribution in [-0.2, 0) is 0 Å². The smallest absolute Gasteiger partial charge is 0.319 e. The van der Waals surface area contributed by atoms with E-state index >= 15 is 0 Å². The van der Waals surface area contributed by atoms with Crippen LogP contribution < -0.4 is 15.4 Å². The third-order valence-corrected chi connectivity index (χ3v) is 10.1. The quantitative estimate of drug-likeness (QED) is 0.355. The Labute approximate surface area is 244 Å². The topological polar surface area (TPSA) is 108 Å². The van der Waals surface area contributed by atoms with Crippen LogP contribution in [0.4, 0.5) is 10.6 Å². The zero-order valence-corrected chi connectivity index (χ0v) is 23.7. The minimum Gasteiger partial charge on any atom is -0.508 e. The van der Waals surface area contributed by atoms with Crippen LogP contribution in [0.3, 0.4) is 0 Å². The van der Waals surface area contributed by atoms with E-state index in [2.05, 4.69) is 34.1 Å². The monoisotopic (exact) mass is 564 g/mol. The highest BCUT2D eigenvalue weighted by Crippen LogP contribution is 2.41. The van der Waals surface area contributed by atoms with Crippen LogP contribution in [-0.4, -0.2) is 81.3 Å². The number of piperazine rings is 1. The largest absolute Gasteiger partial charge is 0.508 e. The Hall–Kier alpha value is -4.11. The number of nitrogens with zero attached hydrogens (tertiary/aromatic N) is 5. The molecule has 4 aliphatic rings. The van der Waals surface area contributed by atoms with Crippen molar-refractivity contribution in [1.82, 2.24) is 19.8 Å². The molecule has 1 aromatic heterocycles. The highest BCUT2D eigenvalue weighted by atomic mass is 16.5. The lowest BCUT2D eigenvalue weighted by molar-refractivity contribution is 0.108. The number of ether oxygens (including phenoxy) is 1. The fraction of sp³-hybridized carbons (Fsp3) is 0.424. The fourth-order valence-corrected chi connectivity index (χ4v) is 8.19. The number of aromatic hydroxyl groups is 1. The molecule has 9 nitrogen and oxygen atoms in total. The first-order valence-corrected chi connectivity index (χ1v) is 15.2. The number of aromatic nitrogens is 2. The standard InChI is InChI=1S/C33H36N6O3/c34-31(41)39-23-8-9-24(39)19-37(18-23)30-27-10-7-22(28-17-25(40)15-21-5-1-2-6-26(21)28)16-29(27)35-32(36-30)42-20-33-11-3-13-38(33)14-4-12-33/h1-2,5-7,10,15-17,23-24,40H,3-4,8-9,11-14,18-20H2,(H2,34,41)/t23-,24+. The molecule has 0 aliphatic carbocycles. The molecule has 4 fully saturated rings. The lowest BCUT2D eigenvalue weighted by atomic mass is 9.95. The number of benzene rings is 3. The lowest BCUT2D eigenvalue weighted by Gasteiger charge is -2.41. The van der Waals surface area contributed by atoms with Gasteiger partial charge in [0.2, 0.25) is 0 Å². The van der Waals surface area contributed by atoms with Gasteiger partial charge in [-0.25, -0.2) is 4.79 Å². The highest BCUT2D eigenvalue weighted by Gasteiger charge is 2.45. The number of fused-ring (bicyclic) bond motifs is 5. The molecule has 2 amide bonds. The maximum atomic E-state index is 12.2. The van der Waals surface area contributed by atoms with E-state index in [0.29, 0.717) is 25.7 Å². The minimum absolute atomic E-state index is 0.0815. The molecule has 0 spiro atoms. The molecule has 0 radical (unpaired) electrons. The summed E-state index contributed by atoms with van der Waals surface area (Å²) in [5.74, 6) is 1.08. The summed E-state index contributed by atoms with van der Waals surface area (Å²) in [6.45, 7) is 4.24. The number of anilines is 1. The average molecular weight is 565 g/mol. The summed E-state index contributed by atoms with van der Waals surface area (Å²) in [5, 5.41) is 13.5. The van der Waals surface area contributed by atoms with Gasteiger partial charge in [-0.2, -0.15) is 9.97 Å². The lowest BCUT2D eigenvalue weighted by Crippen LogP contribution is -2.57. The molecular weight excluding hydrogens is 528 g/mol. The molecule has 9 heteroatoms. The summed E-state index contributed by atoms with van der Waals surface area (Å²) in [4.78, 5) is 28.9. The zero-order chi connectivity index (χ0) is 28.4. The molecule has 2 bridgehead atoms. The number of phenolic OH excluding ortho intramolecular Hbond substituents is 1. The van der Waals surface area contributed by atoms with Crippen LogP contribution in [0.1, 0.15) is 38.5 Å². The molecule has 3 N–H and O–H groups in total. The number of carbonyl (C=O) groups excluding carboxylic acids is 1. The van der Waals surface area contributed by atoms with E-state index in [1.165, 1.54) is 12.8 Å². The molecule has 5 heterocycles. The molecule has 2 atom stereocenters. The molecule has 4 aromatic rings. The van der Waals surface area contributed by atoms with Gasteiger partial charge in [0.05, 0.1) is 23.1 Å². The van der Waals surface area contributed by atoms with Crippen molar-refractivity contribution in [2.24, 2.45) is 5.73 Å². The van der Waals surface area contributed by atoms with Crippen molar-refractivity contribution in [3.8, 4) is 22.9 Å². The number of nitrogens with two attached hydrogens (primary N) is 1. The molecule has 3 aromatic carbocycles. The Bertz CT molecular complexity index is 1680. The Morgan fingerprint density at radius 1 is 0.976 bits per heavy atom. The van der Waals surface area contributed by atoms with Gasteiger partial charge < -0.3 is 25.4 Å². The first-order valence-electron chi connectivity index (χ1n) is 15.2. The summed E-state index contributed by atoms with van der Waals surface area (Å²) < 4.78 is 6.48.